The van der Waals surface area contributed by atoms with Crippen molar-refractivity contribution in [3.05, 3.63) is 46.7 Å². The molecule has 29 heavy (non-hydrogen) atoms. The lowest BCUT2D eigenvalue weighted by molar-refractivity contribution is -0.126. The largest absolute Gasteiger partial charge is 0.446 e. The van der Waals surface area contributed by atoms with Crippen LogP contribution in [0.15, 0.2) is 41.1 Å². The molecule has 0 spiro atoms. The van der Waals surface area contributed by atoms with Crippen molar-refractivity contribution in [3.8, 4) is 0 Å². The lowest BCUT2D eigenvalue weighted by atomic mass is 9.78. The van der Waals surface area contributed by atoms with Crippen LogP contribution in [-0.2, 0) is 14.3 Å². The van der Waals surface area contributed by atoms with E-state index < -0.39 is 20.2 Å². The number of ketones is 1. The number of rotatable bonds is 3. The van der Waals surface area contributed by atoms with E-state index in [1.165, 1.54) is 4.90 Å². The molecule has 1 aromatic rings. The highest BCUT2D eigenvalue weighted by molar-refractivity contribution is 6.88. The summed E-state index contributed by atoms with van der Waals surface area (Å²) in [5.41, 5.74) is 1.54. The van der Waals surface area contributed by atoms with E-state index in [4.69, 9.17) is 4.74 Å². The van der Waals surface area contributed by atoms with Gasteiger partial charge in [0, 0.05) is 17.4 Å². The van der Waals surface area contributed by atoms with Crippen LogP contribution in [0.5, 0.6) is 0 Å². The summed E-state index contributed by atoms with van der Waals surface area (Å²) in [7, 11) is -2.05. The van der Waals surface area contributed by atoms with Gasteiger partial charge in [-0.1, -0.05) is 50.0 Å². The number of Topliss-reactive ketones (excluding diaryl/α,β-unsaturated/α-hetero) is 1. The normalized spacial score (nSPS) is 33.5. The lowest BCUT2D eigenvalue weighted by Gasteiger charge is -2.28. The van der Waals surface area contributed by atoms with Gasteiger partial charge in [-0.25, -0.2) is 9.69 Å². The van der Waals surface area contributed by atoms with Crippen molar-refractivity contribution in [2.45, 2.75) is 44.9 Å². The van der Waals surface area contributed by atoms with Gasteiger partial charge in [-0.15, -0.1) is 0 Å². The molecule has 6 heteroatoms. The van der Waals surface area contributed by atoms with Gasteiger partial charge in [-0.05, 0) is 41.9 Å². The van der Waals surface area contributed by atoms with Crippen LogP contribution in [0.25, 0.3) is 0 Å². The van der Waals surface area contributed by atoms with Crippen LogP contribution in [-0.4, -0.2) is 37.4 Å². The molecule has 1 aromatic carbocycles. The average Bonchev–Trinajstić information content (AvgIpc) is 3.42. The van der Waals surface area contributed by atoms with Crippen LogP contribution in [0.4, 0.5) is 4.79 Å². The average molecular weight is 410 g/mol. The van der Waals surface area contributed by atoms with Gasteiger partial charge in [0.15, 0.2) is 5.78 Å². The van der Waals surface area contributed by atoms with Crippen molar-refractivity contribution in [2.24, 2.45) is 23.7 Å². The van der Waals surface area contributed by atoms with Crippen molar-refractivity contribution in [2.75, 3.05) is 6.61 Å². The maximum absolute atomic E-state index is 13.9. The Morgan fingerprint density at radius 3 is 2.34 bits per heavy atom. The molecule has 2 bridgehead atoms. The molecule has 5 atom stereocenters. The van der Waals surface area contributed by atoms with Crippen LogP contribution >= 0.6 is 0 Å². The summed E-state index contributed by atoms with van der Waals surface area (Å²) in [6.45, 7) is 6.56. The molecule has 152 valence electrons. The summed E-state index contributed by atoms with van der Waals surface area (Å²) in [4.78, 5) is 41.3. The van der Waals surface area contributed by atoms with E-state index in [1.54, 1.807) is 0 Å². The predicted octanol–water partition coefficient (Wildman–Crippen LogP) is 4.13. The highest BCUT2D eigenvalue weighted by Crippen LogP contribution is 2.60. The van der Waals surface area contributed by atoms with Crippen molar-refractivity contribution in [1.29, 1.82) is 0 Å². The van der Waals surface area contributed by atoms with Crippen LogP contribution in [0.2, 0.25) is 19.6 Å². The van der Waals surface area contributed by atoms with Crippen LogP contribution in [0.1, 0.15) is 30.9 Å². The highest BCUT2D eigenvalue weighted by Gasteiger charge is 2.60. The minimum absolute atomic E-state index is 0.000276. The van der Waals surface area contributed by atoms with E-state index in [-0.39, 0.29) is 30.1 Å². The SMILES string of the molecule is C[Si](C)(C)C1=C(C(=O)N2C(=O)OC[C@@H]2c2ccccc2)[C@H]2[C@@H]3CC[C@@H](C3)[C@H]2C1=O. The van der Waals surface area contributed by atoms with Gasteiger partial charge < -0.3 is 4.74 Å². The van der Waals surface area contributed by atoms with Crippen molar-refractivity contribution in [1.82, 2.24) is 4.90 Å². The molecule has 0 N–H and O–H groups in total. The number of cyclic esters (lactones) is 1. The van der Waals surface area contributed by atoms with Crippen molar-refractivity contribution in [3.63, 3.8) is 0 Å². The third-order valence-corrected chi connectivity index (χ3v) is 9.34. The number of nitrogens with zero attached hydrogens (tertiary/aromatic N) is 1. The second-order valence-corrected chi connectivity index (χ2v) is 15.0. The number of benzene rings is 1. The number of fused-ring (bicyclic) bond motifs is 5. The Morgan fingerprint density at radius 2 is 1.69 bits per heavy atom. The van der Waals surface area contributed by atoms with Crippen LogP contribution < -0.4 is 0 Å². The Hall–Kier alpha value is -2.21. The first-order valence-corrected chi connectivity index (χ1v) is 14.1. The lowest BCUT2D eigenvalue weighted by Crippen LogP contribution is -2.39. The fourth-order valence-corrected chi connectivity index (χ4v) is 8.26. The van der Waals surface area contributed by atoms with Crippen molar-refractivity contribution < 1.29 is 19.1 Å². The van der Waals surface area contributed by atoms with Crippen LogP contribution in [0, 0.1) is 23.7 Å². The molecule has 3 aliphatic carbocycles. The second-order valence-electron chi connectivity index (χ2n) is 9.97. The Balaban J connectivity index is 1.60. The zero-order valence-corrected chi connectivity index (χ0v) is 18.2. The van der Waals surface area contributed by atoms with Gasteiger partial charge in [0.1, 0.15) is 12.6 Å². The van der Waals surface area contributed by atoms with Gasteiger partial charge in [-0.2, -0.15) is 0 Å². The van der Waals surface area contributed by atoms with Gasteiger partial charge in [-0.3, -0.25) is 9.59 Å². The Labute approximate surface area is 172 Å². The molecule has 2 saturated carbocycles. The molecular formula is C23H27NO4Si. The fourth-order valence-electron chi connectivity index (χ4n) is 6.27. The van der Waals surface area contributed by atoms with Crippen molar-refractivity contribution >= 4 is 25.9 Å². The minimum atomic E-state index is -2.05. The Bertz CT molecular complexity index is 932. The minimum Gasteiger partial charge on any atom is -0.446 e. The summed E-state index contributed by atoms with van der Waals surface area (Å²) in [6, 6.07) is 9.12. The van der Waals surface area contributed by atoms with E-state index in [1.807, 2.05) is 30.3 Å². The quantitative estimate of drug-likeness (QED) is 0.705. The topological polar surface area (TPSA) is 63.7 Å². The number of carbonyl (C=O) groups excluding carboxylic acids is 3. The smallest absolute Gasteiger partial charge is 0.417 e. The predicted molar refractivity (Wildman–Crippen MR) is 111 cm³/mol. The molecule has 0 aromatic heterocycles. The molecule has 1 heterocycles. The first kappa shape index (κ1) is 18.8. The molecule has 4 aliphatic rings. The molecule has 3 fully saturated rings. The van der Waals surface area contributed by atoms with Gasteiger partial charge in [0.25, 0.3) is 5.91 Å². The number of ether oxygens (including phenoxy) is 1. The second kappa shape index (κ2) is 6.39. The summed E-state index contributed by atoms with van der Waals surface area (Å²) < 4.78 is 5.30. The summed E-state index contributed by atoms with van der Waals surface area (Å²) in [5.74, 6) is 0.685. The van der Waals surface area contributed by atoms with E-state index in [0.29, 0.717) is 17.4 Å². The molecule has 5 nitrogen and oxygen atoms in total. The number of imide groups is 1. The summed E-state index contributed by atoms with van der Waals surface area (Å²) in [5, 5.41) is 0.778. The van der Waals surface area contributed by atoms with Gasteiger partial charge in [0.05, 0.1) is 8.07 Å². The van der Waals surface area contributed by atoms with Crippen LogP contribution in [0.3, 0.4) is 0 Å². The van der Waals surface area contributed by atoms with Gasteiger partial charge >= 0.3 is 6.09 Å². The number of carbonyl (C=O) groups is 3. The maximum Gasteiger partial charge on any atom is 0.417 e. The number of hydrogen-bond donors (Lipinski definition) is 0. The maximum atomic E-state index is 13.9. The zero-order valence-electron chi connectivity index (χ0n) is 17.2. The van der Waals surface area contributed by atoms with E-state index in [9.17, 15) is 14.4 Å². The molecular weight excluding hydrogens is 382 g/mol. The summed E-state index contributed by atoms with van der Waals surface area (Å²) in [6.07, 6.45) is 2.63. The standard InChI is InChI=1S/C23H27NO4Si/c1-29(2,3)21-19(17-14-9-10-15(11-14)18(17)20(21)25)22(26)24-16(12-28-23(24)27)13-7-5-4-6-8-13/h4-8,14-18H,9-12H2,1-3H3/t14-,15+,16-,17+,18-/m1/s1. The van der Waals surface area contributed by atoms with E-state index in [2.05, 4.69) is 19.6 Å². The number of allylic oxidation sites excluding steroid dienone is 1. The monoisotopic (exact) mass is 409 g/mol. The first-order valence-electron chi connectivity index (χ1n) is 10.6. The molecule has 0 radical (unpaired) electrons. The number of amides is 2. The highest BCUT2D eigenvalue weighted by atomic mass is 28.3. The molecule has 0 unspecified atom stereocenters. The third kappa shape index (κ3) is 2.68. The Morgan fingerprint density at radius 1 is 1.03 bits per heavy atom. The third-order valence-electron chi connectivity index (χ3n) is 7.32. The molecule has 2 amide bonds. The fraction of sp³-hybridized carbons (Fsp3) is 0.522. The van der Waals surface area contributed by atoms with Gasteiger partial charge in [0.2, 0.25) is 0 Å². The molecule has 5 rings (SSSR count). The molecule has 1 aliphatic heterocycles. The zero-order chi connectivity index (χ0) is 20.5. The van der Waals surface area contributed by atoms with E-state index in [0.717, 1.165) is 30.0 Å². The number of hydrogen-bond acceptors (Lipinski definition) is 4. The Kier molecular flexibility index (Phi) is 4.14. The molecule has 1 saturated heterocycles. The van der Waals surface area contributed by atoms with E-state index >= 15 is 0 Å². The first-order chi connectivity index (χ1) is 13.8. The summed E-state index contributed by atoms with van der Waals surface area (Å²) >= 11 is 0.